The van der Waals surface area contributed by atoms with Crippen molar-refractivity contribution in [2.75, 3.05) is 7.11 Å². The molecule has 1 heterocycles. The normalized spacial score (nSPS) is 11.9. The Morgan fingerprint density at radius 1 is 1.21 bits per heavy atom. The molecular formula is C23H26N2O2S. The number of aromatic nitrogens is 1. The van der Waals surface area contributed by atoms with Crippen LogP contribution in [-0.4, -0.2) is 18.0 Å². The van der Waals surface area contributed by atoms with Gasteiger partial charge in [-0.25, -0.2) is 4.98 Å². The number of methoxy groups -OCH3 is 1. The molecule has 0 saturated heterocycles. The van der Waals surface area contributed by atoms with Crippen LogP contribution >= 0.6 is 11.3 Å². The highest BCUT2D eigenvalue weighted by Gasteiger charge is 2.16. The number of benzene rings is 2. The second-order valence-corrected chi connectivity index (χ2v) is 7.76. The number of amides is 1. The summed E-state index contributed by atoms with van der Waals surface area (Å²) >= 11 is 1.57. The van der Waals surface area contributed by atoms with Gasteiger partial charge >= 0.3 is 0 Å². The first-order chi connectivity index (χ1) is 13.5. The Bertz CT molecular complexity index is 947. The number of nitrogens with one attached hydrogen (secondary N) is 1. The van der Waals surface area contributed by atoms with Crippen LogP contribution in [0.15, 0.2) is 47.8 Å². The van der Waals surface area contributed by atoms with Gasteiger partial charge < -0.3 is 10.1 Å². The molecule has 0 aliphatic carbocycles. The van der Waals surface area contributed by atoms with Crippen molar-refractivity contribution in [2.45, 2.75) is 39.7 Å². The second kappa shape index (κ2) is 9.02. The number of aryl methyl sites for hydroxylation is 2. The van der Waals surface area contributed by atoms with E-state index in [1.807, 2.05) is 37.4 Å². The lowest BCUT2D eigenvalue weighted by molar-refractivity contribution is -0.121. The summed E-state index contributed by atoms with van der Waals surface area (Å²) in [6, 6.07) is 14.3. The molecular weight excluding hydrogens is 368 g/mol. The molecule has 0 fully saturated rings. The number of carbonyl (C=O) groups excluding carboxylic acids is 1. The Morgan fingerprint density at radius 2 is 1.96 bits per heavy atom. The smallest absolute Gasteiger partial charge is 0.226 e. The van der Waals surface area contributed by atoms with Crippen LogP contribution in [0.3, 0.4) is 0 Å². The lowest BCUT2D eigenvalue weighted by Crippen LogP contribution is -2.28. The molecule has 0 radical (unpaired) electrons. The van der Waals surface area contributed by atoms with Gasteiger partial charge in [-0.15, -0.1) is 11.3 Å². The van der Waals surface area contributed by atoms with Gasteiger partial charge in [-0.05, 0) is 31.9 Å². The van der Waals surface area contributed by atoms with E-state index in [4.69, 9.17) is 4.74 Å². The van der Waals surface area contributed by atoms with Crippen LogP contribution < -0.4 is 10.1 Å². The molecule has 1 atom stereocenters. The number of hydrogen-bond donors (Lipinski definition) is 1. The summed E-state index contributed by atoms with van der Waals surface area (Å²) in [5, 5.41) is 5.96. The maximum absolute atomic E-state index is 12.5. The Kier molecular flexibility index (Phi) is 6.47. The lowest BCUT2D eigenvalue weighted by Gasteiger charge is -2.17. The zero-order valence-corrected chi connectivity index (χ0v) is 17.6. The first-order valence-corrected chi connectivity index (χ1v) is 10.4. The molecule has 1 amide bonds. The standard InChI is InChI=1S/C23H26N2O2S/c1-5-17-7-9-18(10-8-17)23-25-19(14-28-23)13-22(26)24-16(3)20-12-15(2)6-11-21(20)27-4/h6-12,14,16H,5,13H2,1-4H3,(H,24,26). The Hall–Kier alpha value is -2.66. The fraction of sp³-hybridized carbons (Fsp3) is 0.304. The average Bonchev–Trinajstić information content (AvgIpc) is 3.16. The van der Waals surface area contributed by atoms with Gasteiger partial charge in [-0.1, -0.05) is 48.9 Å². The van der Waals surface area contributed by atoms with Gasteiger partial charge in [0.2, 0.25) is 5.91 Å². The van der Waals surface area contributed by atoms with Gasteiger partial charge in [-0.2, -0.15) is 0 Å². The largest absolute Gasteiger partial charge is 0.496 e. The molecule has 0 spiro atoms. The van der Waals surface area contributed by atoms with Gasteiger partial charge in [-0.3, -0.25) is 4.79 Å². The van der Waals surface area contributed by atoms with Gasteiger partial charge in [0, 0.05) is 16.5 Å². The maximum Gasteiger partial charge on any atom is 0.226 e. The van der Waals surface area contributed by atoms with Gasteiger partial charge in [0.25, 0.3) is 0 Å². The fourth-order valence-corrected chi connectivity index (χ4v) is 3.96. The first kappa shape index (κ1) is 20.1. The Morgan fingerprint density at radius 3 is 2.64 bits per heavy atom. The third-order valence-corrected chi connectivity index (χ3v) is 5.67. The van der Waals surface area contributed by atoms with Crippen molar-refractivity contribution in [2.24, 2.45) is 0 Å². The highest BCUT2D eigenvalue weighted by molar-refractivity contribution is 7.13. The van der Waals surface area contributed by atoms with Crippen molar-refractivity contribution < 1.29 is 9.53 Å². The van der Waals surface area contributed by atoms with Crippen LogP contribution in [0.2, 0.25) is 0 Å². The number of hydrogen-bond acceptors (Lipinski definition) is 4. The maximum atomic E-state index is 12.5. The summed E-state index contributed by atoms with van der Waals surface area (Å²) in [5.74, 6) is 0.735. The van der Waals surface area contributed by atoms with Crippen LogP contribution in [0, 0.1) is 6.92 Å². The number of ether oxygens (including phenoxy) is 1. The second-order valence-electron chi connectivity index (χ2n) is 6.91. The van der Waals surface area contributed by atoms with Crippen molar-refractivity contribution >= 4 is 17.2 Å². The van der Waals surface area contributed by atoms with Gasteiger partial charge in [0.1, 0.15) is 10.8 Å². The van der Waals surface area contributed by atoms with Crippen LogP contribution in [-0.2, 0) is 17.6 Å². The number of nitrogens with zero attached hydrogens (tertiary/aromatic N) is 1. The number of thiazole rings is 1. The van der Waals surface area contributed by atoms with Gasteiger partial charge in [0.15, 0.2) is 0 Å². The molecule has 1 N–H and O–H groups in total. The minimum Gasteiger partial charge on any atom is -0.496 e. The molecule has 146 valence electrons. The molecule has 3 aromatic rings. The zero-order valence-electron chi connectivity index (χ0n) is 16.8. The fourth-order valence-electron chi connectivity index (χ4n) is 3.13. The van der Waals surface area contributed by atoms with Crippen LogP contribution in [0.25, 0.3) is 10.6 Å². The van der Waals surface area contributed by atoms with Crippen molar-refractivity contribution in [3.63, 3.8) is 0 Å². The quantitative estimate of drug-likeness (QED) is 0.606. The van der Waals surface area contributed by atoms with Crippen LogP contribution in [0.5, 0.6) is 5.75 Å². The van der Waals surface area contributed by atoms with E-state index < -0.39 is 0 Å². The summed E-state index contributed by atoms with van der Waals surface area (Å²) in [6.07, 6.45) is 1.29. The van der Waals surface area contributed by atoms with E-state index in [1.54, 1.807) is 18.4 Å². The van der Waals surface area contributed by atoms with Crippen LogP contribution in [0.1, 0.15) is 42.3 Å². The summed E-state index contributed by atoms with van der Waals surface area (Å²) in [5.41, 5.74) is 5.30. The van der Waals surface area contributed by atoms with E-state index in [-0.39, 0.29) is 18.4 Å². The van der Waals surface area contributed by atoms with Crippen molar-refractivity contribution in [1.82, 2.24) is 10.3 Å². The molecule has 5 heteroatoms. The molecule has 3 rings (SSSR count). The number of rotatable bonds is 7. The molecule has 0 aliphatic rings. The monoisotopic (exact) mass is 394 g/mol. The molecule has 0 saturated carbocycles. The predicted molar refractivity (Wildman–Crippen MR) is 115 cm³/mol. The Balaban J connectivity index is 1.65. The van der Waals surface area contributed by atoms with Crippen LogP contribution in [0.4, 0.5) is 0 Å². The van der Waals surface area contributed by atoms with Crippen molar-refractivity contribution in [3.8, 4) is 16.3 Å². The minimum atomic E-state index is -0.137. The van der Waals surface area contributed by atoms with E-state index in [2.05, 4.69) is 41.5 Å². The highest BCUT2D eigenvalue weighted by Crippen LogP contribution is 2.27. The molecule has 0 aliphatic heterocycles. The lowest BCUT2D eigenvalue weighted by atomic mass is 10.0. The SMILES string of the molecule is CCc1ccc(-c2nc(CC(=O)NC(C)c3cc(C)ccc3OC)cs2)cc1. The van der Waals surface area contributed by atoms with E-state index in [0.29, 0.717) is 0 Å². The summed E-state index contributed by atoms with van der Waals surface area (Å²) < 4.78 is 5.43. The summed E-state index contributed by atoms with van der Waals surface area (Å²) in [6.45, 7) is 6.14. The molecule has 28 heavy (non-hydrogen) atoms. The molecule has 2 aromatic carbocycles. The zero-order chi connectivity index (χ0) is 20.1. The number of carbonyl (C=O) groups is 1. The topological polar surface area (TPSA) is 51.2 Å². The van der Waals surface area contributed by atoms with E-state index in [1.165, 1.54) is 5.56 Å². The summed E-state index contributed by atoms with van der Waals surface area (Å²) in [7, 11) is 1.65. The molecule has 4 nitrogen and oxygen atoms in total. The highest BCUT2D eigenvalue weighted by atomic mass is 32.1. The Labute approximate surface area is 170 Å². The van der Waals surface area contributed by atoms with E-state index in [9.17, 15) is 4.79 Å². The van der Waals surface area contributed by atoms with Crippen molar-refractivity contribution in [1.29, 1.82) is 0 Å². The first-order valence-electron chi connectivity index (χ1n) is 9.47. The third-order valence-electron chi connectivity index (χ3n) is 4.73. The van der Waals surface area contributed by atoms with Gasteiger partial charge in [0.05, 0.1) is 25.3 Å². The third kappa shape index (κ3) is 4.78. The van der Waals surface area contributed by atoms with Crippen molar-refractivity contribution in [3.05, 3.63) is 70.2 Å². The molecule has 1 unspecified atom stereocenters. The summed E-state index contributed by atoms with van der Waals surface area (Å²) in [4.78, 5) is 17.2. The van der Waals surface area contributed by atoms with E-state index >= 15 is 0 Å². The average molecular weight is 395 g/mol. The minimum absolute atomic E-state index is 0.0470. The molecule has 1 aromatic heterocycles. The molecule has 0 bridgehead atoms. The van der Waals surface area contributed by atoms with E-state index in [0.717, 1.165) is 39.6 Å². The predicted octanol–water partition coefficient (Wildman–Crippen LogP) is 5.11.